The summed E-state index contributed by atoms with van der Waals surface area (Å²) in [7, 11) is 0. The molecule has 2 aliphatic heterocycles. The van der Waals surface area contributed by atoms with Gasteiger partial charge in [-0.05, 0) is 13.0 Å². The van der Waals surface area contributed by atoms with Crippen LogP contribution in [0, 0.1) is 5.82 Å². The average Bonchev–Trinajstić information content (AvgIpc) is 2.96. The minimum Gasteiger partial charge on any atom is -0.447 e. The maximum Gasteiger partial charge on any atom is 0.411 e. The number of benzene rings is 1. The largest absolute Gasteiger partial charge is 0.447 e. The molecule has 1 saturated heterocycles. The SMILES string of the molecule is CCN1C(=O)C(N2C(=O)OCC2CN)c2cccc(F)c21. The van der Waals surface area contributed by atoms with E-state index >= 15 is 0 Å². The van der Waals surface area contributed by atoms with E-state index in [0.717, 1.165) is 0 Å². The third-order valence-corrected chi connectivity index (χ3v) is 3.95. The van der Waals surface area contributed by atoms with Crippen LogP contribution in [0.15, 0.2) is 18.2 Å². The van der Waals surface area contributed by atoms with Crippen LogP contribution in [-0.2, 0) is 9.53 Å². The van der Waals surface area contributed by atoms with Gasteiger partial charge >= 0.3 is 6.09 Å². The minimum absolute atomic E-state index is 0.149. The van der Waals surface area contributed by atoms with E-state index < -0.39 is 18.0 Å². The van der Waals surface area contributed by atoms with Gasteiger partial charge in [0.05, 0.1) is 11.7 Å². The second-order valence-corrected chi connectivity index (χ2v) is 5.04. The molecule has 1 aromatic carbocycles. The number of cyclic esters (lactones) is 1. The number of likely N-dealkylation sites (N-methyl/N-ethyl adjacent to an activating group) is 1. The lowest BCUT2D eigenvalue weighted by atomic mass is 10.1. The highest BCUT2D eigenvalue weighted by atomic mass is 19.1. The number of ether oxygens (including phenoxy) is 1. The molecule has 2 atom stereocenters. The molecule has 1 fully saturated rings. The van der Waals surface area contributed by atoms with Crippen LogP contribution < -0.4 is 10.6 Å². The molecule has 6 nitrogen and oxygen atoms in total. The number of carbonyl (C=O) groups is 2. The molecule has 0 bridgehead atoms. The van der Waals surface area contributed by atoms with Crippen LogP contribution >= 0.6 is 0 Å². The Balaban J connectivity index is 2.10. The van der Waals surface area contributed by atoms with E-state index in [1.165, 1.54) is 21.9 Å². The smallest absolute Gasteiger partial charge is 0.411 e. The molecule has 2 unspecified atom stereocenters. The van der Waals surface area contributed by atoms with Crippen LogP contribution in [0.3, 0.4) is 0 Å². The quantitative estimate of drug-likeness (QED) is 0.902. The molecule has 3 rings (SSSR count). The summed E-state index contributed by atoms with van der Waals surface area (Å²) in [5.74, 6) is -0.794. The van der Waals surface area contributed by atoms with Crippen molar-refractivity contribution in [1.82, 2.24) is 4.90 Å². The first-order chi connectivity index (χ1) is 10.1. The Labute approximate surface area is 121 Å². The van der Waals surface area contributed by atoms with Crippen molar-refractivity contribution < 1.29 is 18.7 Å². The minimum atomic E-state index is -0.862. The Morgan fingerprint density at radius 1 is 1.43 bits per heavy atom. The fourth-order valence-electron chi connectivity index (χ4n) is 2.98. The number of nitrogens with zero attached hydrogens (tertiary/aromatic N) is 2. The van der Waals surface area contributed by atoms with Gasteiger partial charge in [-0.15, -0.1) is 0 Å². The van der Waals surface area contributed by atoms with Gasteiger partial charge in [0, 0.05) is 18.7 Å². The fraction of sp³-hybridized carbons (Fsp3) is 0.429. The lowest BCUT2D eigenvalue weighted by molar-refractivity contribution is -0.122. The van der Waals surface area contributed by atoms with E-state index in [9.17, 15) is 14.0 Å². The molecule has 0 spiro atoms. The highest BCUT2D eigenvalue weighted by Crippen LogP contribution is 2.42. The summed E-state index contributed by atoms with van der Waals surface area (Å²) < 4.78 is 19.1. The van der Waals surface area contributed by atoms with Crippen LogP contribution in [0.5, 0.6) is 0 Å². The number of hydrogen-bond donors (Lipinski definition) is 1. The fourth-order valence-corrected chi connectivity index (χ4v) is 2.98. The normalized spacial score (nSPS) is 24.5. The van der Waals surface area contributed by atoms with Crippen LogP contribution in [0.4, 0.5) is 14.9 Å². The average molecular weight is 293 g/mol. The first-order valence-electron chi connectivity index (χ1n) is 6.85. The van der Waals surface area contributed by atoms with Gasteiger partial charge in [-0.25, -0.2) is 9.18 Å². The number of carbonyl (C=O) groups excluding carboxylic acids is 2. The number of nitrogens with two attached hydrogens (primary N) is 1. The van der Waals surface area contributed by atoms with Crippen molar-refractivity contribution in [3.05, 3.63) is 29.6 Å². The summed E-state index contributed by atoms with van der Waals surface area (Å²) >= 11 is 0. The molecule has 1 aromatic rings. The number of hydrogen-bond acceptors (Lipinski definition) is 4. The number of para-hydroxylation sites is 1. The lowest BCUT2D eigenvalue weighted by Gasteiger charge is -2.26. The standard InChI is InChI=1S/C14H16FN3O3/c1-2-17-11-9(4-3-5-10(11)15)12(13(17)19)18-8(6-16)7-21-14(18)20/h3-5,8,12H,2,6-7,16H2,1H3. The summed E-state index contributed by atoms with van der Waals surface area (Å²) in [5, 5.41) is 0. The van der Waals surface area contributed by atoms with Crippen molar-refractivity contribution in [2.24, 2.45) is 5.73 Å². The van der Waals surface area contributed by atoms with Crippen LogP contribution in [0.2, 0.25) is 0 Å². The lowest BCUT2D eigenvalue weighted by Crippen LogP contribution is -2.45. The number of anilines is 1. The molecule has 112 valence electrons. The molecule has 2 amide bonds. The predicted octanol–water partition coefficient (Wildman–Crippen LogP) is 1.01. The van der Waals surface area contributed by atoms with Gasteiger partial charge in [-0.2, -0.15) is 0 Å². The zero-order valence-electron chi connectivity index (χ0n) is 11.6. The first-order valence-corrected chi connectivity index (χ1v) is 6.85. The zero-order valence-corrected chi connectivity index (χ0v) is 11.6. The Morgan fingerprint density at radius 3 is 2.86 bits per heavy atom. The molecule has 0 saturated carbocycles. The maximum absolute atomic E-state index is 14.1. The summed E-state index contributed by atoms with van der Waals surface area (Å²) in [6, 6.07) is 3.26. The number of amides is 2. The van der Waals surface area contributed by atoms with Crippen molar-refractivity contribution in [1.29, 1.82) is 0 Å². The molecule has 0 radical (unpaired) electrons. The maximum atomic E-state index is 14.1. The van der Waals surface area contributed by atoms with Gasteiger partial charge in [0.1, 0.15) is 18.5 Å². The summed E-state index contributed by atoms with van der Waals surface area (Å²) in [6.45, 7) is 2.43. The predicted molar refractivity (Wildman–Crippen MR) is 73.2 cm³/mol. The van der Waals surface area contributed by atoms with Crippen molar-refractivity contribution in [3.63, 3.8) is 0 Å². The molecule has 2 aliphatic rings. The van der Waals surface area contributed by atoms with Gasteiger partial charge in [0.25, 0.3) is 5.91 Å². The molecule has 2 N–H and O–H groups in total. The summed E-state index contributed by atoms with van der Waals surface area (Å²) in [4.78, 5) is 27.2. The Bertz CT molecular complexity index is 607. The summed E-state index contributed by atoms with van der Waals surface area (Å²) in [6.07, 6.45) is -0.586. The van der Waals surface area contributed by atoms with Crippen molar-refractivity contribution >= 4 is 17.7 Å². The first kappa shape index (κ1) is 13.8. The second-order valence-electron chi connectivity index (χ2n) is 5.04. The third-order valence-electron chi connectivity index (χ3n) is 3.95. The molecule has 21 heavy (non-hydrogen) atoms. The second kappa shape index (κ2) is 5.00. The number of fused-ring (bicyclic) bond motifs is 1. The van der Waals surface area contributed by atoms with Gasteiger partial charge in [-0.3, -0.25) is 9.69 Å². The van der Waals surface area contributed by atoms with E-state index in [2.05, 4.69) is 0 Å². The zero-order chi connectivity index (χ0) is 15.1. The van der Waals surface area contributed by atoms with Crippen molar-refractivity contribution in [2.45, 2.75) is 19.0 Å². The van der Waals surface area contributed by atoms with Gasteiger partial charge in [0.2, 0.25) is 0 Å². The third kappa shape index (κ3) is 1.88. The highest BCUT2D eigenvalue weighted by Gasteiger charge is 2.48. The molecule has 2 heterocycles. The van der Waals surface area contributed by atoms with Crippen LogP contribution in [0.25, 0.3) is 0 Å². The monoisotopic (exact) mass is 293 g/mol. The van der Waals surface area contributed by atoms with Crippen molar-refractivity contribution in [2.75, 3.05) is 24.6 Å². The van der Waals surface area contributed by atoms with Gasteiger partial charge in [-0.1, -0.05) is 12.1 Å². The Kier molecular flexibility index (Phi) is 3.29. The van der Waals surface area contributed by atoms with Gasteiger partial charge in [0.15, 0.2) is 0 Å². The van der Waals surface area contributed by atoms with Gasteiger partial charge < -0.3 is 15.4 Å². The Morgan fingerprint density at radius 2 is 2.19 bits per heavy atom. The van der Waals surface area contributed by atoms with E-state index in [0.29, 0.717) is 12.1 Å². The van der Waals surface area contributed by atoms with E-state index in [4.69, 9.17) is 10.5 Å². The van der Waals surface area contributed by atoms with E-state index in [1.54, 1.807) is 13.0 Å². The number of halogens is 1. The molecule has 0 aliphatic carbocycles. The van der Waals surface area contributed by atoms with E-state index in [-0.39, 0.29) is 30.8 Å². The number of rotatable bonds is 3. The molecular weight excluding hydrogens is 277 g/mol. The Hall–Kier alpha value is -2.15. The summed E-state index contributed by atoms with van der Waals surface area (Å²) in [5.41, 5.74) is 6.37. The molecule has 7 heteroatoms. The molecule has 0 aromatic heterocycles. The van der Waals surface area contributed by atoms with Crippen LogP contribution in [-0.4, -0.2) is 42.6 Å². The molecular formula is C14H16FN3O3. The highest BCUT2D eigenvalue weighted by molar-refractivity contribution is 6.06. The van der Waals surface area contributed by atoms with Crippen LogP contribution in [0.1, 0.15) is 18.5 Å². The topological polar surface area (TPSA) is 75.9 Å². The van der Waals surface area contributed by atoms with E-state index in [1.807, 2.05) is 0 Å². The van der Waals surface area contributed by atoms with Crippen molar-refractivity contribution in [3.8, 4) is 0 Å².